The number of nitrogens with zero attached hydrogens (tertiary/aromatic N) is 3. The van der Waals surface area contributed by atoms with Crippen molar-refractivity contribution in [3.63, 3.8) is 0 Å². The fraction of sp³-hybridized carbons (Fsp3) is 0.421. The van der Waals surface area contributed by atoms with Crippen LogP contribution in [0.4, 0.5) is 11.5 Å². The summed E-state index contributed by atoms with van der Waals surface area (Å²) in [5.74, 6) is 1.73. The lowest BCUT2D eigenvalue weighted by atomic mass is 10.1. The number of nitrogens with one attached hydrogen (secondary N) is 1. The quantitative estimate of drug-likeness (QED) is 0.817. The van der Waals surface area contributed by atoms with E-state index < -0.39 is 0 Å². The van der Waals surface area contributed by atoms with Crippen LogP contribution in [0.1, 0.15) is 18.3 Å². The molecule has 136 valence electrons. The van der Waals surface area contributed by atoms with Crippen molar-refractivity contribution in [2.75, 3.05) is 36.1 Å². The zero-order chi connectivity index (χ0) is 18.1. The minimum Gasteiger partial charge on any atom is -0.378 e. The Hall–Kier alpha value is -1.83. The number of rotatable bonds is 3. The Morgan fingerprint density at radius 3 is 2.88 bits per heavy atom. The highest BCUT2D eigenvalue weighted by molar-refractivity contribution is 7.80. The molecule has 1 aromatic carbocycles. The Balaban J connectivity index is 1.56. The lowest BCUT2D eigenvalue weighted by Crippen LogP contribution is -2.37. The van der Waals surface area contributed by atoms with E-state index in [0.717, 1.165) is 49.4 Å². The van der Waals surface area contributed by atoms with Gasteiger partial charge in [0.05, 0.1) is 24.6 Å². The molecule has 1 unspecified atom stereocenters. The van der Waals surface area contributed by atoms with Gasteiger partial charge in [-0.25, -0.2) is 4.98 Å². The number of anilines is 2. The number of fused-ring (bicyclic) bond motifs is 1. The molecule has 0 bridgehead atoms. The third-order valence-electron chi connectivity index (χ3n) is 4.91. The topological polar surface area (TPSA) is 44.4 Å². The van der Waals surface area contributed by atoms with Crippen LogP contribution < -0.4 is 9.80 Å². The summed E-state index contributed by atoms with van der Waals surface area (Å²) >= 11 is 11.2. The SMILES string of the molecule is CC1Cc2ccccc2N1C(=S)Cc1nc(N2CCOCC2)cc(=S)[nH]1. The van der Waals surface area contributed by atoms with Crippen molar-refractivity contribution in [1.82, 2.24) is 9.97 Å². The second kappa shape index (κ2) is 7.42. The van der Waals surface area contributed by atoms with Crippen molar-refractivity contribution in [3.05, 3.63) is 46.4 Å². The molecule has 1 N–H and O–H groups in total. The van der Waals surface area contributed by atoms with Gasteiger partial charge >= 0.3 is 0 Å². The van der Waals surface area contributed by atoms with E-state index in [0.29, 0.717) is 17.1 Å². The predicted octanol–water partition coefficient (Wildman–Crippen LogP) is 3.30. The molecule has 5 nitrogen and oxygen atoms in total. The van der Waals surface area contributed by atoms with Gasteiger partial charge in [-0.05, 0) is 25.0 Å². The van der Waals surface area contributed by atoms with Crippen LogP contribution in [-0.4, -0.2) is 47.3 Å². The summed E-state index contributed by atoms with van der Waals surface area (Å²) in [7, 11) is 0. The Morgan fingerprint density at radius 1 is 1.31 bits per heavy atom. The van der Waals surface area contributed by atoms with Crippen LogP contribution >= 0.6 is 24.4 Å². The van der Waals surface area contributed by atoms with Gasteiger partial charge in [0, 0.05) is 30.9 Å². The third-order valence-corrected chi connectivity index (χ3v) is 5.47. The number of benzene rings is 1. The maximum Gasteiger partial charge on any atom is 0.133 e. The van der Waals surface area contributed by atoms with Crippen molar-refractivity contribution >= 4 is 40.9 Å². The van der Waals surface area contributed by atoms with Gasteiger partial charge in [0.25, 0.3) is 0 Å². The van der Waals surface area contributed by atoms with Crippen LogP contribution in [0.3, 0.4) is 0 Å². The maximum absolute atomic E-state index is 5.79. The van der Waals surface area contributed by atoms with Crippen molar-refractivity contribution < 1.29 is 4.74 Å². The first-order valence-electron chi connectivity index (χ1n) is 8.95. The Morgan fingerprint density at radius 2 is 2.08 bits per heavy atom. The number of H-pyrrole nitrogens is 1. The summed E-state index contributed by atoms with van der Waals surface area (Å²) in [6.07, 6.45) is 1.60. The van der Waals surface area contributed by atoms with E-state index in [1.54, 1.807) is 0 Å². The van der Waals surface area contributed by atoms with Crippen LogP contribution in [0.25, 0.3) is 0 Å². The van der Waals surface area contributed by atoms with Crippen molar-refractivity contribution in [2.45, 2.75) is 25.8 Å². The molecule has 26 heavy (non-hydrogen) atoms. The molecule has 2 aliphatic rings. The molecule has 1 fully saturated rings. The molecule has 0 spiro atoms. The highest BCUT2D eigenvalue weighted by Gasteiger charge is 2.28. The average molecular weight is 387 g/mol. The van der Waals surface area contributed by atoms with Gasteiger partial charge in [0.2, 0.25) is 0 Å². The van der Waals surface area contributed by atoms with Crippen LogP contribution in [0, 0.1) is 4.64 Å². The van der Waals surface area contributed by atoms with Gasteiger partial charge in [0.15, 0.2) is 0 Å². The molecule has 0 saturated carbocycles. The second-order valence-corrected chi connectivity index (χ2v) is 7.68. The highest BCUT2D eigenvalue weighted by atomic mass is 32.1. The van der Waals surface area contributed by atoms with Gasteiger partial charge in [-0.2, -0.15) is 0 Å². The highest BCUT2D eigenvalue weighted by Crippen LogP contribution is 2.32. The standard InChI is InChI=1S/C19H22N4OS2/c1-13-10-14-4-2-3-5-15(14)23(13)19(26)11-16-20-17(12-18(25)21-16)22-6-8-24-9-7-22/h2-5,12-13H,6-11H2,1H3,(H,20,21,25). The molecule has 1 atom stereocenters. The zero-order valence-electron chi connectivity index (χ0n) is 14.8. The third kappa shape index (κ3) is 3.51. The van der Waals surface area contributed by atoms with Gasteiger partial charge < -0.3 is 19.5 Å². The summed E-state index contributed by atoms with van der Waals surface area (Å²) < 4.78 is 6.12. The number of ether oxygens (including phenoxy) is 1. The number of hydrogen-bond acceptors (Lipinski definition) is 5. The lowest BCUT2D eigenvalue weighted by molar-refractivity contribution is 0.122. The minimum atomic E-state index is 0.366. The number of hydrogen-bond donors (Lipinski definition) is 1. The fourth-order valence-corrected chi connectivity index (χ4v) is 4.34. The first-order chi connectivity index (χ1) is 12.6. The van der Waals surface area contributed by atoms with Gasteiger partial charge in [-0.15, -0.1) is 0 Å². The molecule has 0 aliphatic carbocycles. The molecule has 2 aliphatic heterocycles. The van der Waals surface area contributed by atoms with E-state index in [-0.39, 0.29) is 0 Å². The molecule has 1 aromatic heterocycles. The molecular weight excluding hydrogens is 364 g/mol. The molecule has 2 aromatic rings. The molecule has 4 rings (SSSR count). The van der Waals surface area contributed by atoms with Crippen molar-refractivity contribution in [2.24, 2.45) is 0 Å². The number of thiocarbonyl (C=S) groups is 1. The monoisotopic (exact) mass is 386 g/mol. The van der Waals surface area contributed by atoms with Gasteiger partial charge in [0.1, 0.15) is 16.3 Å². The van der Waals surface area contributed by atoms with Crippen LogP contribution in [0.5, 0.6) is 0 Å². The van der Waals surface area contributed by atoms with E-state index in [2.05, 4.69) is 46.0 Å². The van der Waals surface area contributed by atoms with Gasteiger partial charge in [-0.1, -0.05) is 42.6 Å². The van der Waals surface area contributed by atoms with E-state index in [4.69, 9.17) is 34.2 Å². The normalized spacial score (nSPS) is 19.5. The van der Waals surface area contributed by atoms with Crippen LogP contribution in [-0.2, 0) is 17.6 Å². The molecule has 0 radical (unpaired) electrons. The second-order valence-electron chi connectivity index (χ2n) is 6.77. The number of morpholine rings is 1. The average Bonchev–Trinajstić information content (AvgIpc) is 2.97. The summed E-state index contributed by atoms with van der Waals surface area (Å²) in [6, 6.07) is 10.8. The molecule has 3 heterocycles. The number of aromatic nitrogens is 2. The van der Waals surface area contributed by atoms with E-state index in [1.165, 1.54) is 11.3 Å². The Kier molecular flexibility index (Phi) is 5.02. The van der Waals surface area contributed by atoms with E-state index >= 15 is 0 Å². The first-order valence-corrected chi connectivity index (χ1v) is 9.76. The lowest BCUT2D eigenvalue weighted by Gasteiger charge is -2.28. The maximum atomic E-state index is 5.79. The molecule has 1 saturated heterocycles. The largest absolute Gasteiger partial charge is 0.378 e. The van der Waals surface area contributed by atoms with E-state index in [1.807, 2.05) is 6.07 Å². The minimum absolute atomic E-state index is 0.366. The predicted molar refractivity (Wildman–Crippen MR) is 111 cm³/mol. The van der Waals surface area contributed by atoms with E-state index in [9.17, 15) is 0 Å². The summed E-state index contributed by atoms with van der Waals surface area (Å²) in [6.45, 7) is 5.34. The van der Waals surface area contributed by atoms with Crippen molar-refractivity contribution in [1.29, 1.82) is 0 Å². The number of para-hydroxylation sites is 1. The van der Waals surface area contributed by atoms with Crippen LogP contribution in [0.2, 0.25) is 0 Å². The zero-order valence-corrected chi connectivity index (χ0v) is 16.4. The fourth-order valence-electron chi connectivity index (χ4n) is 3.71. The smallest absolute Gasteiger partial charge is 0.133 e. The number of aromatic amines is 1. The van der Waals surface area contributed by atoms with Crippen LogP contribution in [0.15, 0.2) is 30.3 Å². The molecule has 7 heteroatoms. The summed E-state index contributed by atoms with van der Waals surface area (Å²) in [5.41, 5.74) is 2.57. The summed E-state index contributed by atoms with van der Waals surface area (Å²) in [5, 5.41) is 0. The first kappa shape index (κ1) is 17.6. The molecule has 0 amide bonds. The summed E-state index contributed by atoms with van der Waals surface area (Å²) in [4.78, 5) is 13.3. The Labute approximate surface area is 164 Å². The molecular formula is C19H22N4OS2. The van der Waals surface area contributed by atoms with Crippen molar-refractivity contribution in [3.8, 4) is 0 Å². The van der Waals surface area contributed by atoms with Gasteiger partial charge in [-0.3, -0.25) is 0 Å². The Bertz CT molecular complexity index is 876.